The molecule has 182 valence electrons. The number of amides is 1. The predicted octanol–water partition coefficient (Wildman–Crippen LogP) is 1.77. The molecule has 0 saturated carbocycles. The highest BCUT2D eigenvalue weighted by atomic mass is 32.2. The van der Waals surface area contributed by atoms with Crippen LogP contribution in [0, 0.1) is 13.8 Å². The van der Waals surface area contributed by atoms with Gasteiger partial charge in [0.05, 0.1) is 27.4 Å². The second kappa shape index (κ2) is 9.43. The summed E-state index contributed by atoms with van der Waals surface area (Å²) in [4.78, 5) is 26.1. The van der Waals surface area contributed by atoms with Crippen LogP contribution < -0.4 is 16.0 Å². The third-order valence-corrected chi connectivity index (χ3v) is 6.78. The smallest absolute Gasteiger partial charge is 0.278 e. The van der Waals surface area contributed by atoms with Crippen LogP contribution in [0.15, 0.2) is 64.3 Å². The Hall–Kier alpha value is -3.83. The van der Waals surface area contributed by atoms with Crippen molar-refractivity contribution in [3.05, 3.63) is 81.9 Å². The Labute approximate surface area is 202 Å². The molecule has 0 aliphatic rings. The molecule has 0 unspecified atom stereocenters. The number of hydrogen-bond donors (Lipinski definition) is 2. The molecule has 0 aliphatic heterocycles. The molecule has 10 nitrogen and oxygen atoms in total. The third kappa shape index (κ3) is 4.86. The SMILES string of the molecule is Cc1nn([C@@H](C)C(=O)NCCc2ccc(S(N)(=O)=O)cc2)c(=O)c2c(C)n(-c3ccccc3)nc12. The first-order valence-electron chi connectivity index (χ1n) is 11.0. The Morgan fingerprint density at radius 3 is 2.34 bits per heavy atom. The van der Waals surface area contributed by atoms with Gasteiger partial charge in [0.2, 0.25) is 15.9 Å². The minimum atomic E-state index is -3.75. The molecular weight excluding hydrogens is 468 g/mol. The fourth-order valence-corrected chi connectivity index (χ4v) is 4.41. The number of para-hydroxylation sites is 1. The fourth-order valence-electron chi connectivity index (χ4n) is 3.90. The number of nitrogens with one attached hydrogen (secondary N) is 1. The number of aromatic nitrogens is 4. The molecule has 0 spiro atoms. The van der Waals surface area contributed by atoms with Crippen molar-refractivity contribution < 1.29 is 13.2 Å². The predicted molar refractivity (Wildman–Crippen MR) is 132 cm³/mol. The number of carbonyl (C=O) groups excluding carboxylic acids is 1. The number of sulfonamides is 1. The molecule has 0 aliphatic carbocycles. The Morgan fingerprint density at radius 1 is 1.06 bits per heavy atom. The van der Waals surface area contributed by atoms with Gasteiger partial charge >= 0.3 is 0 Å². The van der Waals surface area contributed by atoms with Crippen molar-refractivity contribution in [2.75, 3.05) is 6.54 Å². The maximum atomic E-state index is 13.3. The molecule has 1 amide bonds. The van der Waals surface area contributed by atoms with Gasteiger partial charge in [0.25, 0.3) is 5.56 Å². The van der Waals surface area contributed by atoms with Gasteiger partial charge in [-0.2, -0.15) is 10.2 Å². The molecule has 4 aromatic rings. The van der Waals surface area contributed by atoms with E-state index in [0.29, 0.717) is 35.3 Å². The number of hydrogen-bond acceptors (Lipinski definition) is 6. The summed E-state index contributed by atoms with van der Waals surface area (Å²) in [6.07, 6.45) is 0.479. The lowest BCUT2D eigenvalue weighted by Crippen LogP contribution is -2.38. The van der Waals surface area contributed by atoms with E-state index in [1.54, 1.807) is 30.7 Å². The number of primary sulfonamides is 1. The first-order chi connectivity index (χ1) is 16.6. The van der Waals surface area contributed by atoms with Gasteiger partial charge < -0.3 is 5.32 Å². The number of carbonyl (C=O) groups is 1. The Kier molecular flexibility index (Phi) is 6.55. The number of aryl methyl sites for hydroxylation is 2. The van der Waals surface area contributed by atoms with Crippen molar-refractivity contribution in [3.8, 4) is 5.69 Å². The van der Waals surface area contributed by atoms with Crippen molar-refractivity contribution >= 4 is 26.8 Å². The topological polar surface area (TPSA) is 142 Å². The Morgan fingerprint density at radius 2 is 1.71 bits per heavy atom. The van der Waals surface area contributed by atoms with Crippen LogP contribution >= 0.6 is 0 Å². The number of nitrogens with two attached hydrogens (primary N) is 1. The van der Waals surface area contributed by atoms with Crippen LogP contribution in [0.2, 0.25) is 0 Å². The Bertz CT molecular complexity index is 1560. The molecule has 0 radical (unpaired) electrons. The zero-order valence-electron chi connectivity index (χ0n) is 19.6. The quantitative estimate of drug-likeness (QED) is 0.401. The monoisotopic (exact) mass is 494 g/mol. The third-order valence-electron chi connectivity index (χ3n) is 5.85. The van der Waals surface area contributed by atoms with E-state index in [9.17, 15) is 18.0 Å². The standard InChI is InChI=1S/C24H26N6O4S/c1-15-22-21(16(2)29(28-22)19-7-5-4-6-8-19)24(32)30(27-15)17(3)23(31)26-14-13-18-9-11-20(12-10-18)35(25,33)34/h4-12,17H,13-14H2,1-3H3,(H,26,31)(H2,25,33,34)/t17-/m0/s1. The summed E-state index contributed by atoms with van der Waals surface area (Å²) >= 11 is 0. The summed E-state index contributed by atoms with van der Waals surface area (Å²) in [5, 5.41) is 17.3. The van der Waals surface area contributed by atoms with Crippen LogP contribution in [0.4, 0.5) is 0 Å². The van der Waals surface area contributed by atoms with E-state index in [-0.39, 0.29) is 16.4 Å². The van der Waals surface area contributed by atoms with Gasteiger partial charge in [-0.1, -0.05) is 30.3 Å². The molecule has 2 aromatic heterocycles. The number of fused-ring (bicyclic) bond motifs is 1. The zero-order valence-corrected chi connectivity index (χ0v) is 20.4. The van der Waals surface area contributed by atoms with Crippen molar-refractivity contribution in [1.82, 2.24) is 24.9 Å². The highest BCUT2D eigenvalue weighted by molar-refractivity contribution is 7.89. The van der Waals surface area contributed by atoms with E-state index in [1.165, 1.54) is 16.8 Å². The van der Waals surface area contributed by atoms with Gasteiger partial charge in [0, 0.05) is 6.54 Å². The van der Waals surface area contributed by atoms with E-state index in [1.807, 2.05) is 37.3 Å². The number of benzene rings is 2. The maximum Gasteiger partial charge on any atom is 0.278 e. The second-order valence-corrected chi connectivity index (χ2v) is 9.86. The van der Waals surface area contributed by atoms with Gasteiger partial charge in [-0.3, -0.25) is 9.59 Å². The lowest BCUT2D eigenvalue weighted by molar-refractivity contribution is -0.124. The van der Waals surface area contributed by atoms with Crippen LogP contribution in [-0.4, -0.2) is 40.4 Å². The molecule has 11 heteroatoms. The zero-order chi connectivity index (χ0) is 25.3. The molecule has 1 atom stereocenters. The fraction of sp³-hybridized carbons (Fsp3) is 0.250. The van der Waals surface area contributed by atoms with Crippen molar-refractivity contribution in [3.63, 3.8) is 0 Å². The van der Waals surface area contributed by atoms with E-state index >= 15 is 0 Å². The molecule has 2 heterocycles. The van der Waals surface area contributed by atoms with Crippen LogP contribution in [0.25, 0.3) is 16.6 Å². The van der Waals surface area contributed by atoms with Gasteiger partial charge in [-0.15, -0.1) is 0 Å². The van der Waals surface area contributed by atoms with Gasteiger partial charge in [-0.05, 0) is 57.0 Å². The van der Waals surface area contributed by atoms with Crippen LogP contribution in [-0.2, 0) is 21.2 Å². The molecule has 0 bridgehead atoms. The highest BCUT2D eigenvalue weighted by Crippen LogP contribution is 2.20. The van der Waals surface area contributed by atoms with Crippen LogP contribution in [0.1, 0.15) is 29.9 Å². The van der Waals surface area contributed by atoms with Gasteiger partial charge in [0.1, 0.15) is 11.6 Å². The van der Waals surface area contributed by atoms with E-state index < -0.39 is 16.1 Å². The summed E-state index contributed by atoms with van der Waals surface area (Å²) in [5.74, 6) is -0.354. The molecule has 0 fully saturated rings. The van der Waals surface area contributed by atoms with Gasteiger partial charge in [-0.25, -0.2) is 22.9 Å². The van der Waals surface area contributed by atoms with Crippen LogP contribution in [0.3, 0.4) is 0 Å². The normalized spacial score (nSPS) is 12.6. The summed E-state index contributed by atoms with van der Waals surface area (Å²) in [7, 11) is -3.75. The maximum absolute atomic E-state index is 13.3. The second-order valence-electron chi connectivity index (χ2n) is 8.30. The highest BCUT2D eigenvalue weighted by Gasteiger charge is 2.23. The van der Waals surface area contributed by atoms with Crippen molar-refractivity contribution in [2.45, 2.75) is 38.1 Å². The van der Waals surface area contributed by atoms with Crippen molar-refractivity contribution in [1.29, 1.82) is 0 Å². The van der Waals surface area contributed by atoms with Gasteiger partial charge in [0.15, 0.2) is 0 Å². The van der Waals surface area contributed by atoms with Crippen LogP contribution in [0.5, 0.6) is 0 Å². The Balaban J connectivity index is 1.52. The number of nitrogens with zero attached hydrogens (tertiary/aromatic N) is 4. The minimum Gasteiger partial charge on any atom is -0.354 e. The molecule has 2 aromatic carbocycles. The lowest BCUT2D eigenvalue weighted by atomic mass is 10.1. The summed E-state index contributed by atoms with van der Waals surface area (Å²) in [6, 6.07) is 14.8. The summed E-state index contributed by atoms with van der Waals surface area (Å²) in [6.45, 7) is 5.50. The van der Waals surface area contributed by atoms with E-state index in [0.717, 1.165) is 11.3 Å². The van der Waals surface area contributed by atoms with Crippen molar-refractivity contribution in [2.24, 2.45) is 5.14 Å². The average molecular weight is 495 g/mol. The average Bonchev–Trinajstić information content (AvgIpc) is 3.19. The number of rotatable bonds is 7. The molecular formula is C24H26N6O4S. The molecule has 35 heavy (non-hydrogen) atoms. The molecule has 0 saturated heterocycles. The summed E-state index contributed by atoms with van der Waals surface area (Å²) < 4.78 is 25.6. The van der Waals surface area contributed by atoms with E-state index in [2.05, 4.69) is 15.5 Å². The molecule has 4 rings (SSSR count). The lowest BCUT2D eigenvalue weighted by Gasteiger charge is -2.15. The first kappa shape index (κ1) is 24.3. The van der Waals surface area contributed by atoms with E-state index in [4.69, 9.17) is 5.14 Å². The first-order valence-corrected chi connectivity index (χ1v) is 12.6. The molecule has 3 N–H and O–H groups in total. The summed E-state index contributed by atoms with van der Waals surface area (Å²) in [5.41, 5.74) is 3.00. The largest absolute Gasteiger partial charge is 0.354 e. The minimum absolute atomic E-state index is 0.0287.